The summed E-state index contributed by atoms with van der Waals surface area (Å²) in [5.41, 5.74) is 1.21. The van der Waals surface area contributed by atoms with Crippen molar-refractivity contribution in [2.45, 2.75) is 11.3 Å². The van der Waals surface area contributed by atoms with Crippen molar-refractivity contribution in [3.8, 4) is 11.5 Å². The molecular weight excluding hydrogens is 474 g/mol. The van der Waals surface area contributed by atoms with Crippen molar-refractivity contribution in [2.24, 2.45) is 4.99 Å². The molecule has 4 rings (SSSR count). The second-order valence-electron chi connectivity index (χ2n) is 7.39. The van der Waals surface area contributed by atoms with Gasteiger partial charge in [0.2, 0.25) is 5.91 Å². The van der Waals surface area contributed by atoms with Crippen molar-refractivity contribution in [1.82, 2.24) is 0 Å². The van der Waals surface area contributed by atoms with E-state index in [1.165, 1.54) is 18.9 Å². The van der Waals surface area contributed by atoms with Gasteiger partial charge in [0.25, 0.3) is 0 Å². The van der Waals surface area contributed by atoms with Crippen LogP contribution in [0, 0.1) is 0 Å². The van der Waals surface area contributed by atoms with Gasteiger partial charge >= 0.3 is 0 Å². The fraction of sp³-hybridized carbons (Fsp3) is 0.333. The molecule has 1 fully saturated rings. The average molecular weight is 496 g/mol. The molecule has 2 atom stereocenters. The maximum absolute atomic E-state index is 13.0. The van der Waals surface area contributed by atoms with Gasteiger partial charge in [-0.3, -0.25) is 9.79 Å². The molecule has 0 bridgehead atoms. The maximum atomic E-state index is 13.0. The molecule has 2 aromatic rings. The van der Waals surface area contributed by atoms with E-state index in [2.05, 4.69) is 10.3 Å². The van der Waals surface area contributed by atoms with E-state index < -0.39 is 9.84 Å². The highest BCUT2D eigenvalue weighted by Crippen LogP contribution is 2.37. The third-order valence-electron chi connectivity index (χ3n) is 5.16. The van der Waals surface area contributed by atoms with Crippen LogP contribution in [0.2, 0.25) is 5.02 Å². The summed E-state index contributed by atoms with van der Waals surface area (Å²) >= 11 is 7.46. The summed E-state index contributed by atoms with van der Waals surface area (Å²) in [5, 5.41) is 3.79. The number of carbonyl (C=O) groups is 1. The summed E-state index contributed by atoms with van der Waals surface area (Å²) in [4.78, 5) is 19.4. The number of hydrogen-bond acceptors (Lipinski definition) is 8. The number of halogens is 1. The van der Waals surface area contributed by atoms with Crippen molar-refractivity contribution in [3.63, 3.8) is 0 Å². The predicted octanol–water partition coefficient (Wildman–Crippen LogP) is 3.07. The number of sulfone groups is 1. The number of anilines is 2. The molecule has 0 aliphatic carbocycles. The smallest absolute Gasteiger partial charge is 0.244 e. The van der Waals surface area contributed by atoms with Crippen LogP contribution in [0.1, 0.15) is 0 Å². The molecule has 0 saturated carbocycles. The Balaban J connectivity index is 1.58. The highest BCUT2D eigenvalue weighted by Gasteiger charge is 2.44. The largest absolute Gasteiger partial charge is 0.497 e. The average Bonchev–Trinajstić information content (AvgIpc) is 3.25. The number of nitrogens with zero attached hydrogens (tertiary/aromatic N) is 2. The zero-order chi connectivity index (χ0) is 22.9. The number of rotatable bonds is 6. The van der Waals surface area contributed by atoms with E-state index in [0.717, 1.165) is 5.69 Å². The number of carbonyl (C=O) groups excluding carboxylic acids is 1. The molecule has 1 amide bonds. The van der Waals surface area contributed by atoms with Crippen LogP contribution in [0.4, 0.5) is 11.4 Å². The zero-order valence-electron chi connectivity index (χ0n) is 17.4. The second kappa shape index (κ2) is 9.21. The van der Waals surface area contributed by atoms with E-state index >= 15 is 0 Å². The number of fused-ring (bicyclic) bond motifs is 1. The number of hydrogen-bond donors (Lipinski definition) is 1. The number of benzene rings is 2. The van der Waals surface area contributed by atoms with Crippen molar-refractivity contribution < 1.29 is 22.7 Å². The Kier molecular flexibility index (Phi) is 6.55. The highest BCUT2D eigenvalue weighted by molar-refractivity contribution is 8.15. The second-order valence-corrected chi connectivity index (χ2v) is 11.2. The van der Waals surface area contributed by atoms with E-state index in [-0.39, 0.29) is 35.2 Å². The van der Waals surface area contributed by atoms with E-state index in [0.29, 0.717) is 27.4 Å². The summed E-state index contributed by atoms with van der Waals surface area (Å²) < 4.78 is 34.4. The third-order valence-corrected chi connectivity index (χ3v) is 8.64. The normalized spacial score (nSPS) is 20.9. The third kappa shape index (κ3) is 4.97. The summed E-state index contributed by atoms with van der Waals surface area (Å²) in [6, 6.07) is 11.9. The van der Waals surface area contributed by atoms with E-state index in [1.54, 1.807) is 42.3 Å². The van der Waals surface area contributed by atoms with Gasteiger partial charge in [0.1, 0.15) is 18.0 Å². The van der Waals surface area contributed by atoms with Crippen molar-refractivity contribution in [2.75, 3.05) is 42.5 Å². The predicted molar refractivity (Wildman–Crippen MR) is 128 cm³/mol. The molecule has 2 heterocycles. The van der Waals surface area contributed by atoms with Crippen molar-refractivity contribution in [3.05, 3.63) is 47.5 Å². The Labute approximate surface area is 195 Å². The van der Waals surface area contributed by atoms with Crippen LogP contribution < -0.4 is 19.7 Å². The Morgan fingerprint density at radius 3 is 2.59 bits per heavy atom. The van der Waals surface area contributed by atoms with Crippen LogP contribution in [0.3, 0.4) is 0 Å². The molecule has 1 saturated heterocycles. The minimum Gasteiger partial charge on any atom is -0.497 e. The summed E-state index contributed by atoms with van der Waals surface area (Å²) in [5.74, 6) is 1.01. The lowest BCUT2D eigenvalue weighted by atomic mass is 10.2. The summed E-state index contributed by atoms with van der Waals surface area (Å²) in [7, 11) is 0.0212. The molecule has 32 heavy (non-hydrogen) atoms. The minimum atomic E-state index is -3.07. The maximum Gasteiger partial charge on any atom is 0.244 e. The molecule has 0 spiro atoms. The first-order chi connectivity index (χ1) is 15.3. The fourth-order valence-corrected chi connectivity index (χ4v) is 7.57. The standard InChI is InChI=1S/C21H22ClN3O5S2/c1-29-15-6-4-14(5-7-15)25(21-24-17-11-32(27,28)12-19(17)31-21)10-20(26)23-16-9-13(22)3-8-18(16)30-2/h3-9,17,19H,10-12H2,1-2H3,(H,23,26)/t17-,19-/m0/s1. The van der Waals surface area contributed by atoms with Gasteiger partial charge in [0.15, 0.2) is 15.0 Å². The molecule has 2 aliphatic heterocycles. The topological polar surface area (TPSA) is 97.3 Å². The number of nitrogens with one attached hydrogen (secondary N) is 1. The number of aliphatic imine (C=N–C) groups is 1. The lowest BCUT2D eigenvalue weighted by Gasteiger charge is -2.24. The lowest BCUT2D eigenvalue weighted by molar-refractivity contribution is -0.114. The molecule has 170 valence electrons. The molecular formula is C21H22ClN3O5S2. The Bertz CT molecular complexity index is 1150. The van der Waals surface area contributed by atoms with Gasteiger partial charge in [0, 0.05) is 16.0 Å². The van der Waals surface area contributed by atoms with Gasteiger partial charge in [-0.25, -0.2) is 8.42 Å². The molecule has 2 aliphatic rings. The van der Waals surface area contributed by atoms with Crippen LogP contribution in [-0.2, 0) is 14.6 Å². The van der Waals surface area contributed by atoms with Crippen LogP contribution in [0.15, 0.2) is 47.5 Å². The van der Waals surface area contributed by atoms with Gasteiger partial charge in [-0.2, -0.15) is 0 Å². The lowest BCUT2D eigenvalue weighted by Crippen LogP contribution is -2.36. The van der Waals surface area contributed by atoms with Gasteiger partial charge in [-0.15, -0.1) is 0 Å². The van der Waals surface area contributed by atoms with Crippen LogP contribution in [0.5, 0.6) is 11.5 Å². The van der Waals surface area contributed by atoms with Crippen LogP contribution in [0.25, 0.3) is 0 Å². The SMILES string of the molecule is COc1ccc(N(CC(=O)Nc2cc(Cl)ccc2OC)C2=N[C@H]3CS(=O)(=O)C[C@@H]3S2)cc1. The van der Waals surface area contributed by atoms with Gasteiger partial charge in [-0.05, 0) is 42.5 Å². The van der Waals surface area contributed by atoms with Crippen molar-refractivity contribution in [1.29, 1.82) is 0 Å². The highest BCUT2D eigenvalue weighted by atomic mass is 35.5. The molecule has 8 nitrogen and oxygen atoms in total. The van der Waals surface area contributed by atoms with Gasteiger partial charge in [-0.1, -0.05) is 23.4 Å². The monoisotopic (exact) mass is 495 g/mol. The van der Waals surface area contributed by atoms with Gasteiger partial charge in [0.05, 0.1) is 37.5 Å². The number of methoxy groups -OCH3 is 2. The summed E-state index contributed by atoms with van der Waals surface area (Å²) in [6.45, 7) is -0.0278. The van der Waals surface area contributed by atoms with E-state index in [9.17, 15) is 13.2 Å². The molecule has 2 aromatic carbocycles. The fourth-order valence-electron chi connectivity index (χ4n) is 3.61. The zero-order valence-corrected chi connectivity index (χ0v) is 19.8. The van der Waals surface area contributed by atoms with Crippen LogP contribution in [-0.4, -0.2) is 63.1 Å². The molecule has 11 heteroatoms. The number of amides is 1. The molecule has 0 unspecified atom stereocenters. The first-order valence-corrected chi connectivity index (χ1v) is 12.9. The Hall–Kier alpha value is -2.43. The number of thioether (sulfide) groups is 1. The number of ether oxygens (including phenoxy) is 2. The first-order valence-electron chi connectivity index (χ1n) is 9.78. The minimum absolute atomic E-state index is 0.0278. The van der Waals surface area contributed by atoms with E-state index in [4.69, 9.17) is 21.1 Å². The Morgan fingerprint density at radius 1 is 1.19 bits per heavy atom. The van der Waals surface area contributed by atoms with Gasteiger partial charge < -0.3 is 19.7 Å². The quantitative estimate of drug-likeness (QED) is 0.657. The Morgan fingerprint density at radius 2 is 1.94 bits per heavy atom. The van der Waals surface area contributed by atoms with Crippen molar-refractivity contribution >= 4 is 55.6 Å². The first kappa shape index (κ1) is 22.8. The molecule has 0 radical (unpaired) electrons. The number of amidine groups is 1. The van der Waals surface area contributed by atoms with E-state index in [1.807, 2.05) is 12.1 Å². The molecule has 0 aromatic heterocycles. The molecule has 1 N–H and O–H groups in total. The van der Waals surface area contributed by atoms with Crippen LogP contribution >= 0.6 is 23.4 Å². The summed E-state index contributed by atoms with van der Waals surface area (Å²) in [6.07, 6.45) is 0.